The number of nitrogens with one attached hydrogen (secondary N) is 2. The highest BCUT2D eigenvalue weighted by Crippen LogP contribution is 2.26. The SMILES string of the molecule is CCC(Nc1ncccc1[N+](=O)[O-])c1ncc(C)[nH]1. The van der Waals surface area contributed by atoms with E-state index in [0.717, 1.165) is 17.9 Å². The predicted molar refractivity (Wildman–Crippen MR) is 70.9 cm³/mol. The van der Waals surface area contributed by atoms with Crippen molar-refractivity contribution in [3.8, 4) is 0 Å². The Kier molecular flexibility index (Phi) is 3.74. The Morgan fingerprint density at radius 3 is 2.89 bits per heavy atom. The van der Waals surface area contributed by atoms with E-state index in [9.17, 15) is 10.1 Å². The molecule has 1 atom stereocenters. The van der Waals surface area contributed by atoms with Crippen LogP contribution in [-0.4, -0.2) is 19.9 Å². The molecule has 0 radical (unpaired) electrons. The van der Waals surface area contributed by atoms with E-state index in [2.05, 4.69) is 20.3 Å². The third-order valence-electron chi connectivity index (χ3n) is 2.75. The highest BCUT2D eigenvalue weighted by Gasteiger charge is 2.19. The van der Waals surface area contributed by atoms with Crippen molar-refractivity contribution in [1.29, 1.82) is 0 Å². The zero-order chi connectivity index (χ0) is 13.8. The van der Waals surface area contributed by atoms with Crippen LogP contribution in [-0.2, 0) is 0 Å². The average Bonchev–Trinajstić information content (AvgIpc) is 2.82. The zero-order valence-corrected chi connectivity index (χ0v) is 10.8. The van der Waals surface area contributed by atoms with Crippen molar-refractivity contribution in [3.63, 3.8) is 0 Å². The minimum Gasteiger partial charge on any atom is -0.354 e. The van der Waals surface area contributed by atoms with E-state index in [-0.39, 0.29) is 17.5 Å². The highest BCUT2D eigenvalue weighted by atomic mass is 16.6. The fraction of sp³-hybridized carbons (Fsp3) is 0.333. The summed E-state index contributed by atoms with van der Waals surface area (Å²) in [6, 6.07) is 2.83. The fourth-order valence-electron chi connectivity index (χ4n) is 1.79. The molecule has 2 N–H and O–H groups in total. The van der Waals surface area contributed by atoms with Gasteiger partial charge in [-0.2, -0.15) is 0 Å². The Hall–Kier alpha value is -2.44. The van der Waals surface area contributed by atoms with Crippen molar-refractivity contribution >= 4 is 11.5 Å². The largest absolute Gasteiger partial charge is 0.354 e. The lowest BCUT2D eigenvalue weighted by Crippen LogP contribution is -2.13. The molecule has 2 aromatic heterocycles. The van der Waals surface area contributed by atoms with Gasteiger partial charge in [0.1, 0.15) is 5.82 Å². The number of pyridine rings is 1. The van der Waals surface area contributed by atoms with E-state index in [1.54, 1.807) is 12.3 Å². The molecule has 19 heavy (non-hydrogen) atoms. The van der Waals surface area contributed by atoms with Gasteiger partial charge in [-0.05, 0) is 19.4 Å². The van der Waals surface area contributed by atoms with Crippen LogP contribution in [0.4, 0.5) is 11.5 Å². The van der Waals surface area contributed by atoms with E-state index in [4.69, 9.17) is 0 Å². The Morgan fingerprint density at radius 2 is 2.32 bits per heavy atom. The molecule has 100 valence electrons. The molecule has 7 nitrogen and oxygen atoms in total. The first kappa shape index (κ1) is 13.0. The van der Waals surface area contributed by atoms with Gasteiger partial charge in [-0.15, -0.1) is 0 Å². The summed E-state index contributed by atoms with van der Waals surface area (Å²) in [5.41, 5.74) is 0.912. The van der Waals surface area contributed by atoms with Crippen molar-refractivity contribution in [2.75, 3.05) is 5.32 Å². The lowest BCUT2D eigenvalue weighted by atomic mass is 10.2. The Bertz CT molecular complexity index is 581. The summed E-state index contributed by atoms with van der Waals surface area (Å²) in [5.74, 6) is 1.01. The summed E-state index contributed by atoms with van der Waals surface area (Å²) in [6.07, 6.45) is 3.99. The molecule has 0 aliphatic carbocycles. The molecule has 0 aliphatic heterocycles. The van der Waals surface area contributed by atoms with Crippen molar-refractivity contribution in [1.82, 2.24) is 15.0 Å². The second kappa shape index (κ2) is 5.47. The number of hydrogen-bond acceptors (Lipinski definition) is 5. The predicted octanol–water partition coefficient (Wildman–Crippen LogP) is 2.58. The molecule has 0 spiro atoms. The van der Waals surface area contributed by atoms with Gasteiger partial charge in [-0.3, -0.25) is 10.1 Å². The molecule has 2 rings (SSSR count). The van der Waals surface area contributed by atoms with E-state index in [1.807, 2.05) is 13.8 Å². The molecule has 0 aliphatic rings. The van der Waals surface area contributed by atoms with Gasteiger partial charge in [0.2, 0.25) is 5.82 Å². The first-order valence-corrected chi connectivity index (χ1v) is 5.99. The maximum atomic E-state index is 10.9. The normalized spacial score (nSPS) is 12.1. The van der Waals surface area contributed by atoms with Crippen molar-refractivity contribution < 1.29 is 4.92 Å². The van der Waals surface area contributed by atoms with Gasteiger partial charge >= 0.3 is 5.69 Å². The first-order valence-electron chi connectivity index (χ1n) is 5.99. The summed E-state index contributed by atoms with van der Waals surface area (Å²) >= 11 is 0. The van der Waals surface area contributed by atoms with Crippen molar-refractivity contribution in [2.45, 2.75) is 26.3 Å². The zero-order valence-electron chi connectivity index (χ0n) is 10.8. The van der Waals surface area contributed by atoms with E-state index in [0.29, 0.717) is 0 Å². The number of imidazole rings is 1. The van der Waals surface area contributed by atoms with Crippen LogP contribution < -0.4 is 5.32 Å². The van der Waals surface area contributed by atoms with Gasteiger partial charge in [-0.25, -0.2) is 9.97 Å². The van der Waals surface area contributed by atoms with Gasteiger partial charge in [0, 0.05) is 24.2 Å². The van der Waals surface area contributed by atoms with Crippen LogP contribution >= 0.6 is 0 Å². The van der Waals surface area contributed by atoms with Crippen LogP contribution in [0, 0.1) is 17.0 Å². The monoisotopic (exact) mass is 261 g/mol. The first-order chi connectivity index (χ1) is 9.11. The van der Waals surface area contributed by atoms with Gasteiger partial charge in [0.15, 0.2) is 0 Å². The number of aromatic amines is 1. The average molecular weight is 261 g/mol. The topological polar surface area (TPSA) is 96.7 Å². The molecule has 0 bridgehead atoms. The van der Waals surface area contributed by atoms with Crippen LogP contribution in [0.15, 0.2) is 24.5 Å². The molecule has 0 fully saturated rings. The number of H-pyrrole nitrogens is 1. The maximum absolute atomic E-state index is 10.9. The van der Waals surface area contributed by atoms with E-state index in [1.165, 1.54) is 12.3 Å². The smallest absolute Gasteiger partial charge is 0.311 e. The summed E-state index contributed by atoms with van der Waals surface area (Å²) < 4.78 is 0. The summed E-state index contributed by atoms with van der Waals surface area (Å²) in [7, 11) is 0. The third kappa shape index (κ3) is 2.87. The maximum Gasteiger partial charge on any atom is 0.311 e. The standard InChI is InChI=1S/C12H15N5O2/c1-3-9(11-14-7-8(2)15-11)16-12-10(17(18)19)5-4-6-13-12/h4-7,9H,3H2,1-2H3,(H,13,16)(H,14,15). The van der Waals surface area contributed by atoms with Crippen LogP contribution in [0.5, 0.6) is 0 Å². The molecule has 0 saturated carbocycles. The van der Waals surface area contributed by atoms with E-state index < -0.39 is 4.92 Å². The van der Waals surface area contributed by atoms with Crippen LogP contribution in [0.3, 0.4) is 0 Å². The van der Waals surface area contributed by atoms with Crippen molar-refractivity contribution in [2.24, 2.45) is 0 Å². The molecule has 0 saturated heterocycles. The second-order valence-electron chi connectivity index (χ2n) is 4.18. The molecule has 1 unspecified atom stereocenters. The molecule has 2 aromatic rings. The number of nitro groups is 1. The summed E-state index contributed by atoms with van der Waals surface area (Å²) in [4.78, 5) is 21.9. The lowest BCUT2D eigenvalue weighted by molar-refractivity contribution is -0.384. The Morgan fingerprint density at radius 1 is 1.53 bits per heavy atom. The summed E-state index contributed by atoms with van der Waals surface area (Å²) in [6.45, 7) is 3.89. The third-order valence-corrected chi connectivity index (χ3v) is 2.75. The highest BCUT2D eigenvalue weighted by molar-refractivity contribution is 5.55. The number of rotatable bonds is 5. The number of hydrogen-bond donors (Lipinski definition) is 2. The van der Waals surface area contributed by atoms with E-state index >= 15 is 0 Å². The lowest BCUT2D eigenvalue weighted by Gasteiger charge is -2.15. The molecule has 0 aromatic carbocycles. The number of anilines is 1. The minimum absolute atomic E-state index is 0.0378. The molecule has 2 heterocycles. The van der Waals surface area contributed by atoms with Crippen LogP contribution in [0.1, 0.15) is 30.9 Å². The molecule has 0 amide bonds. The van der Waals surface area contributed by atoms with Gasteiger partial charge in [-0.1, -0.05) is 6.92 Å². The molecular formula is C12H15N5O2. The Balaban J connectivity index is 2.26. The quantitative estimate of drug-likeness (QED) is 0.637. The van der Waals surface area contributed by atoms with Crippen LogP contribution in [0.25, 0.3) is 0 Å². The summed E-state index contributed by atoms with van der Waals surface area (Å²) in [5, 5.41) is 14.0. The number of aromatic nitrogens is 3. The molecule has 7 heteroatoms. The number of nitrogens with zero attached hydrogens (tertiary/aromatic N) is 3. The second-order valence-corrected chi connectivity index (χ2v) is 4.18. The van der Waals surface area contributed by atoms with Crippen molar-refractivity contribution in [3.05, 3.63) is 46.2 Å². The van der Waals surface area contributed by atoms with Crippen LogP contribution in [0.2, 0.25) is 0 Å². The van der Waals surface area contributed by atoms with Gasteiger partial charge < -0.3 is 10.3 Å². The molecular weight excluding hydrogens is 246 g/mol. The minimum atomic E-state index is -0.449. The number of aryl methyl sites for hydroxylation is 1. The van der Waals surface area contributed by atoms with Gasteiger partial charge in [0.25, 0.3) is 0 Å². The fourth-order valence-corrected chi connectivity index (χ4v) is 1.79. The Labute approximate surface area is 110 Å². The van der Waals surface area contributed by atoms with Gasteiger partial charge in [0.05, 0.1) is 11.0 Å².